The second-order valence-corrected chi connectivity index (χ2v) is 29.6. The molecule has 3 aliphatic rings. The molecule has 12 N–H and O–H groups in total. The average molecular weight is 1420 g/mol. The maximum Gasteiger partial charge on any atom is 0.220 e. The highest BCUT2D eigenvalue weighted by atomic mass is 16.8. The summed E-state index contributed by atoms with van der Waals surface area (Å²) in [5.41, 5.74) is 0. The maximum absolute atomic E-state index is 13.5. The molecule has 17 atom stereocenters. The molecule has 19 heteroatoms. The molecule has 0 aromatic heterocycles. The molecule has 0 aromatic carbocycles. The molecule has 1 amide bonds. The van der Waals surface area contributed by atoms with E-state index in [4.69, 9.17) is 28.4 Å². The van der Waals surface area contributed by atoms with Gasteiger partial charge in [0.2, 0.25) is 5.91 Å². The molecule has 0 radical (unpaired) electrons. The van der Waals surface area contributed by atoms with E-state index in [0.717, 1.165) is 44.9 Å². The van der Waals surface area contributed by atoms with Crippen molar-refractivity contribution in [1.29, 1.82) is 0 Å². The van der Waals surface area contributed by atoms with E-state index in [-0.39, 0.29) is 18.9 Å². The Hall–Kier alpha value is -1.73. The number of nitrogens with one attached hydrogen (secondary N) is 1. The number of amides is 1. The quantitative estimate of drug-likeness (QED) is 0.0199. The molecular formula is C80H151NO18. The summed E-state index contributed by atoms with van der Waals surface area (Å²) in [5.74, 6) is -0.269. The SMILES string of the molecule is CCCCCCCCCC/C=C\CCCCCCCCCCCCCCCC(=O)NC(COC1OC(CO)C(OC2OC(CO)C(OC3OC(CO)C(O)C(O)C3O)C(O)C2O)C(O)C1O)C(O)/C=C/CCCCCCCCCCCCCCCCCCCCCCCCCCCCC. The van der Waals surface area contributed by atoms with Gasteiger partial charge in [0.05, 0.1) is 38.6 Å². The molecule has 584 valence electrons. The van der Waals surface area contributed by atoms with Gasteiger partial charge >= 0.3 is 0 Å². The Morgan fingerprint density at radius 2 is 0.636 bits per heavy atom. The van der Waals surface area contributed by atoms with Crippen LogP contribution >= 0.6 is 0 Å². The predicted molar refractivity (Wildman–Crippen MR) is 393 cm³/mol. The van der Waals surface area contributed by atoms with Crippen molar-refractivity contribution in [2.45, 2.75) is 452 Å². The Balaban J connectivity index is 1.37. The van der Waals surface area contributed by atoms with Crippen molar-refractivity contribution in [3.05, 3.63) is 24.3 Å². The van der Waals surface area contributed by atoms with Crippen LogP contribution in [0.1, 0.15) is 348 Å². The molecular weight excluding hydrogens is 1260 g/mol. The standard InChI is InChI=1S/C80H151NO18/c1-3-5-7-9-11-13-15-17-19-21-23-25-27-29-30-31-32-34-35-37-39-41-43-45-47-49-51-53-55-57-64(85)63(81-68(86)58-56-54-52-50-48-46-44-42-40-38-36-33-28-26-24-22-20-18-16-14-12-10-8-6-4-2)62-94-78-74(92)71(89)76(66(60-83)96-78)99-80-75(93)72(90)77(67(61-84)97-80)98-79-73(91)70(88)69(87)65(59-82)95-79/h22,24,55,57,63-67,69-80,82-85,87-93H,3-21,23,25-54,56,58-62H2,1-2H3,(H,81,86)/b24-22-,57-55+. The van der Waals surface area contributed by atoms with Crippen LogP contribution in [0, 0.1) is 0 Å². The predicted octanol–water partition coefficient (Wildman–Crippen LogP) is 13.7. The Labute approximate surface area is 600 Å². The highest BCUT2D eigenvalue weighted by Gasteiger charge is 2.54. The highest BCUT2D eigenvalue weighted by molar-refractivity contribution is 5.76. The molecule has 19 nitrogen and oxygen atoms in total. The van der Waals surface area contributed by atoms with Crippen LogP contribution in [0.3, 0.4) is 0 Å². The van der Waals surface area contributed by atoms with Crippen molar-refractivity contribution in [2.24, 2.45) is 0 Å². The van der Waals surface area contributed by atoms with E-state index >= 15 is 0 Å². The van der Waals surface area contributed by atoms with Gasteiger partial charge in [-0.25, -0.2) is 0 Å². The normalized spacial score (nSPS) is 26.7. The minimum atomic E-state index is -1.98. The number of allylic oxidation sites excluding steroid dienone is 3. The van der Waals surface area contributed by atoms with Gasteiger partial charge in [-0.05, 0) is 44.9 Å². The first-order chi connectivity index (χ1) is 48.3. The number of rotatable bonds is 66. The van der Waals surface area contributed by atoms with E-state index < -0.39 is 124 Å². The van der Waals surface area contributed by atoms with Crippen LogP contribution in [0.2, 0.25) is 0 Å². The topological polar surface area (TPSA) is 307 Å². The van der Waals surface area contributed by atoms with Crippen molar-refractivity contribution in [3.63, 3.8) is 0 Å². The van der Waals surface area contributed by atoms with Gasteiger partial charge in [0, 0.05) is 6.42 Å². The van der Waals surface area contributed by atoms with Gasteiger partial charge in [0.1, 0.15) is 73.2 Å². The molecule has 0 saturated carbocycles. The van der Waals surface area contributed by atoms with Crippen LogP contribution in [0.4, 0.5) is 0 Å². The van der Waals surface area contributed by atoms with Gasteiger partial charge in [-0.2, -0.15) is 0 Å². The number of aliphatic hydroxyl groups excluding tert-OH is 11. The summed E-state index contributed by atoms with van der Waals surface area (Å²) in [5, 5.41) is 121. The fraction of sp³-hybridized carbons (Fsp3) is 0.938. The molecule has 3 aliphatic heterocycles. The van der Waals surface area contributed by atoms with E-state index in [9.17, 15) is 61.0 Å². The fourth-order valence-electron chi connectivity index (χ4n) is 14.1. The zero-order valence-corrected chi connectivity index (χ0v) is 62.5. The first-order valence-electron chi connectivity index (χ1n) is 41.1. The van der Waals surface area contributed by atoms with Crippen LogP contribution in [-0.2, 0) is 33.2 Å². The monoisotopic (exact) mass is 1410 g/mol. The summed E-state index contributed by atoms with van der Waals surface area (Å²) >= 11 is 0. The third-order valence-electron chi connectivity index (χ3n) is 20.7. The summed E-state index contributed by atoms with van der Waals surface area (Å²) < 4.78 is 34.5. The Kier molecular flexibility index (Phi) is 56.8. The van der Waals surface area contributed by atoms with Gasteiger partial charge in [-0.3, -0.25) is 4.79 Å². The first kappa shape index (κ1) is 91.5. The molecule has 3 saturated heterocycles. The van der Waals surface area contributed by atoms with Gasteiger partial charge in [0.15, 0.2) is 18.9 Å². The maximum atomic E-state index is 13.5. The lowest BCUT2D eigenvalue weighted by Crippen LogP contribution is -2.66. The molecule has 99 heavy (non-hydrogen) atoms. The number of hydrogen-bond acceptors (Lipinski definition) is 18. The number of carbonyl (C=O) groups excluding carboxylic acids is 1. The van der Waals surface area contributed by atoms with Crippen LogP contribution in [0.15, 0.2) is 24.3 Å². The Morgan fingerprint density at radius 3 is 0.980 bits per heavy atom. The second-order valence-electron chi connectivity index (χ2n) is 29.6. The third kappa shape index (κ3) is 41.7. The smallest absolute Gasteiger partial charge is 0.220 e. The summed E-state index contributed by atoms with van der Waals surface area (Å²) in [6.07, 6.45) is 47.4. The van der Waals surface area contributed by atoms with E-state index in [1.54, 1.807) is 6.08 Å². The van der Waals surface area contributed by atoms with Crippen molar-refractivity contribution < 1.29 is 89.4 Å². The number of aliphatic hydroxyl groups is 11. The lowest BCUT2D eigenvalue weighted by atomic mass is 9.96. The van der Waals surface area contributed by atoms with Gasteiger partial charge in [-0.1, -0.05) is 321 Å². The fourth-order valence-corrected chi connectivity index (χ4v) is 14.1. The third-order valence-corrected chi connectivity index (χ3v) is 20.7. The summed E-state index contributed by atoms with van der Waals surface area (Å²) in [7, 11) is 0. The molecule has 0 bridgehead atoms. The second kappa shape index (κ2) is 61.4. The number of carbonyl (C=O) groups is 1. The Bertz CT molecular complexity index is 1880. The summed E-state index contributed by atoms with van der Waals surface area (Å²) in [6.45, 7) is 1.80. The van der Waals surface area contributed by atoms with Crippen LogP contribution in [0.5, 0.6) is 0 Å². The molecule has 17 unspecified atom stereocenters. The number of hydrogen-bond donors (Lipinski definition) is 12. The molecule has 3 fully saturated rings. The van der Waals surface area contributed by atoms with Crippen LogP contribution < -0.4 is 5.32 Å². The average Bonchev–Trinajstić information content (AvgIpc) is 0.755. The highest BCUT2D eigenvalue weighted by Crippen LogP contribution is 2.33. The van der Waals surface area contributed by atoms with Crippen molar-refractivity contribution in [3.8, 4) is 0 Å². The van der Waals surface area contributed by atoms with Crippen LogP contribution in [-0.4, -0.2) is 193 Å². The van der Waals surface area contributed by atoms with Gasteiger partial charge in [0.25, 0.3) is 0 Å². The lowest BCUT2D eigenvalue weighted by molar-refractivity contribution is -0.379. The molecule has 0 aliphatic carbocycles. The largest absolute Gasteiger partial charge is 0.394 e. The zero-order chi connectivity index (χ0) is 71.8. The van der Waals surface area contributed by atoms with E-state index in [2.05, 4.69) is 31.3 Å². The summed E-state index contributed by atoms with van der Waals surface area (Å²) in [6, 6.07) is -0.973. The Morgan fingerprint density at radius 1 is 0.354 bits per heavy atom. The summed E-state index contributed by atoms with van der Waals surface area (Å²) in [4.78, 5) is 13.5. The van der Waals surface area contributed by atoms with Crippen molar-refractivity contribution in [1.82, 2.24) is 5.32 Å². The minimum absolute atomic E-state index is 0.247. The number of ether oxygens (including phenoxy) is 6. The molecule has 3 rings (SSSR count). The van der Waals surface area contributed by atoms with Crippen molar-refractivity contribution >= 4 is 5.91 Å². The van der Waals surface area contributed by atoms with E-state index in [1.165, 1.54) is 276 Å². The lowest BCUT2D eigenvalue weighted by Gasteiger charge is -2.48. The number of unbranched alkanes of at least 4 members (excludes halogenated alkanes) is 48. The first-order valence-corrected chi connectivity index (χ1v) is 41.1. The molecule has 0 spiro atoms. The van der Waals surface area contributed by atoms with Crippen molar-refractivity contribution in [2.75, 3.05) is 26.4 Å². The van der Waals surface area contributed by atoms with Gasteiger partial charge in [-0.15, -0.1) is 0 Å². The molecule has 3 heterocycles. The zero-order valence-electron chi connectivity index (χ0n) is 62.5. The van der Waals surface area contributed by atoms with E-state index in [1.807, 2.05) is 6.08 Å². The van der Waals surface area contributed by atoms with Crippen LogP contribution in [0.25, 0.3) is 0 Å². The van der Waals surface area contributed by atoms with Gasteiger partial charge < -0.3 is 89.9 Å². The minimum Gasteiger partial charge on any atom is -0.394 e. The van der Waals surface area contributed by atoms with E-state index in [0.29, 0.717) is 6.42 Å². The molecule has 0 aromatic rings.